The summed E-state index contributed by atoms with van der Waals surface area (Å²) in [5, 5.41) is 25.3. The minimum Gasteiger partial charge on any atom is -0.479 e. The first-order chi connectivity index (χ1) is 11.3. The number of aromatic nitrogens is 2. The Morgan fingerprint density at radius 2 is 2.00 bits per heavy atom. The highest BCUT2D eigenvalue weighted by atomic mass is 16.4. The summed E-state index contributed by atoms with van der Waals surface area (Å²) in [6.07, 6.45) is 2.03. The fourth-order valence-corrected chi connectivity index (χ4v) is 2.34. The van der Waals surface area contributed by atoms with Crippen LogP contribution in [0, 0.1) is 6.92 Å². The monoisotopic (exact) mass is 331 g/mol. The van der Waals surface area contributed by atoms with Crippen LogP contribution in [0.3, 0.4) is 0 Å². The number of amides is 1. The van der Waals surface area contributed by atoms with E-state index in [4.69, 9.17) is 5.11 Å². The average molecular weight is 331 g/mol. The van der Waals surface area contributed by atoms with Crippen molar-refractivity contribution in [3.05, 3.63) is 47.3 Å². The molecule has 1 heterocycles. The number of hydrogen-bond donors (Lipinski definition) is 3. The first-order valence-electron chi connectivity index (χ1n) is 7.64. The van der Waals surface area contributed by atoms with Crippen molar-refractivity contribution in [2.45, 2.75) is 32.8 Å². The maximum absolute atomic E-state index is 12.4. The van der Waals surface area contributed by atoms with Crippen LogP contribution in [0.5, 0.6) is 0 Å². The van der Waals surface area contributed by atoms with Gasteiger partial charge in [0.05, 0.1) is 29.7 Å². The molecule has 2 rings (SSSR count). The lowest BCUT2D eigenvalue weighted by atomic mass is 10.1. The van der Waals surface area contributed by atoms with Gasteiger partial charge in [-0.15, -0.1) is 0 Å². The number of rotatable bonds is 6. The molecule has 0 aliphatic carbocycles. The molecule has 0 saturated heterocycles. The maximum Gasteiger partial charge on any atom is 0.337 e. The van der Waals surface area contributed by atoms with Crippen LogP contribution in [0.1, 0.15) is 35.5 Å². The fraction of sp³-hybridized carbons (Fsp3) is 0.353. The summed E-state index contributed by atoms with van der Waals surface area (Å²) < 4.78 is 1.71. The highest BCUT2D eigenvalue weighted by Gasteiger charge is 2.31. The maximum atomic E-state index is 12.4. The predicted octanol–water partition coefficient (Wildman–Crippen LogP) is 1.31. The first-order valence-corrected chi connectivity index (χ1v) is 7.64. The van der Waals surface area contributed by atoms with Gasteiger partial charge in [-0.1, -0.05) is 25.1 Å². The Hall–Kier alpha value is -2.67. The molecular weight excluding hydrogens is 310 g/mol. The molecule has 0 bridgehead atoms. The van der Waals surface area contributed by atoms with E-state index in [0.717, 1.165) is 23.9 Å². The van der Waals surface area contributed by atoms with E-state index in [1.54, 1.807) is 4.68 Å². The quantitative estimate of drug-likeness (QED) is 0.740. The molecule has 0 radical (unpaired) electrons. The molecule has 1 aromatic heterocycles. The minimum absolute atomic E-state index is 0.363. The number of aliphatic hydroxyl groups is 1. The van der Waals surface area contributed by atoms with Crippen molar-refractivity contribution < 1.29 is 19.8 Å². The molecule has 1 amide bonds. The van der Waals surface area contributed by atoms with Crippen LogP contribution in [-0.2, 0) is 11.2 Å². The predicted molar refractivity (Wildman–Crippen MR) is 88.3 cm³/mol. The Balaban J connectivity index is 2.28. The molecule has 128 valence electrons. The number of nitrogens with zero attached hydrogens (tertiary/aromatic N) is 2. The third kappa shape index (κ3) is 3.46. The Bertz CT molecular complexity index is 765. The number of nitrogens with one attached hydrogen (secondary N) is 1. The van der Waals surface area contributed by atoms with E-state index in [1.165, 1.54) is 6.20 Å². The molecule has 3 N–H and O–H groups in total. The van der Waals surface area contributed by atoms with Crippen LogP contribution in [-0.4, -0.2) is 44.0 Å². The van der Waals surface area contributed by atoms with Gasteiger partial charge >= 0.3 is 5.97 Å². The highest BCUT2D eigenvalue weighted by molar-refractivity contribution is 5.95. The van der Waals surface area contributed by atoms with Crippen molar-refractivity contribution in [3.63, 3.8) is 0 Å². The van der Waals surface area contributed by atoms with Gasteiger partial charge in [0.15, 0.2) is 5.60 Å². The third-order valence-corrected chi connectivity index (χ3v) is 3.85. The zero-order chi connectivity index (χ0) is 17.9. The molecular formula is C17H21N3O4. The number of carboxylic acid groups (broad SMARTS) is 1. The molecule has 0 saturated carbocycles. The van der Waals surface area contributed by atoms with Gasteiger partial charge in [0.2, 0.25) is 0 Å². The van der Waals surface area contributed by atoms with Crippen LogP contribution >= 0.6 is 0 Å². The van der Waals surface area contributed by atoms with Gasteiger partial charge in [0, 0.05) is 0 Å². The lowest BCUT2D eigenvalue weighted by molar-refractivity contribution is -0.155. The van der Waals surface area contributed by atoms with E-state index in [9.17, 15) is 14.7 Å². The van der Waals surface area contributed by atoms with Crippen molar-refractivity contribution in [3.8, 4) is 5.69 Å². The SMILES string of the molecule is CCc1c(C(=O)NCC(C)(O)C(=O)O)cnn1-c1ccccc1C. The van der Waals surface area contributed by atoms with Crippen LogP contribution in [0.15, 0.2) is 30.5 Å². The van der Waals surface area contributed by atoms with E-state index >= 15 is 0 Å². The standard InChI is InChI=1S/C17H21N3O4/c1-4-13-12(15(21)18-10-17(3,24)16(22)23)9-19-20(13)14-8-6-5-7-11(14)2/h5-9,24H,4,10H2,1-3H3,(H,18,21)(H,22,23). The number of carbonyl (C=O) groups is 2. The van der Waals surface area contributed by atoms with Crippen LogP contribution in [0.25, 0.3) is 5.69 Å². The first kappa shape index (κ1) is 17.7. The molecule has 24 heavy (non-hydrogen) atoms. The van der Waals surface area contributed by atoms with Crippen molar-refractivity contribution >= 4 is 11.9 Å². The topological polar surface area (TPSA) is 104 Å². The molecule has 0 fully saturated rings. The van der Waals surface area contributed by atoms with Crippen molar-refractivity contribution in [2.24, 2.45) is 0 Å². The lowest BCUT2D eigenvalue weighted by Gasteiger charge is -2.18. The summed E-state index contributed by atoms with van der Waals surface area (Å²) in [6, 6.07) is 7.70. The second-order valence-electron chi connectivity index (χ2n) is 5.82. The second kappa shape index (κ2) is 6.84. The largest absolute Gasteiger partial charge is 0.479 e. The van der Waals surface area contributed by atoms with Gasteiger partial charge in [-0.05, 0) is 31.9 Å². The lowest BCUT2D eigenvalue weighted by Crippen LogP contribution is -2.46. The highest BCUT2D eigenvalue weighted by Crippen LogP contribution is 2.19. The van der Waals surface area contributed by atoms with E-state index in [2.05, 4.69) is 10.4 Å². The summed E-state index contributed by atoms with van der Waals surface area (Å²) >= 11 is 0. The van der Waals surface area contributed by atoms with Gasteiger partial charge < -0.3 is 15.5 Å². The molecule has 2 aromatic rings. The minimum atomic E-state index is -2.02. The number of para-hydroxylation sites is 1. The average Bonchev–Trinajstić information content (AvgIpc) is 2.96. The number of hydrogen-bond acceptors (Lipinski definition) is 4. The van der Waals surface area contributed by atoms with Gasteiger partial charge in [0.25, 0.3) is 5.91 Å². The van der Waals surface area contributed by atoms with Gasteiger partial charge in [-0.2, -0.15) is 5.10 Å². The Kier molecular flexibility index (Phi) is 5.04. The second-order valence-corrected chi connectivity index (χ2v) is 5.82. The van der Waals surface area contributed by atoms with Gasteiger partial charge in [-0.3, -0.25) is 4.79 Å². The molecule has 0 aliphatic heterocycles. The van der Waals surface area contributed by atoms with E-state index in [1.807, 2.05) is 38.1 Å². The zero-order valence-electron chi connectivity index (χ0n) is 13.9. The van der Waals surface area contributed by atoms with Gasteiger partial charge in [0.1, 0.15) is 0 Å². The summed E-state index contributed by atoms with van der Waals surface area (Å²) in [5.41, 5.74) is 0.967. The smallest absolute Gasteiger partial charge is 0.337 e. The fourth-order valence-electron chi connectivity index (χ4n) is 2.34. The Morgan fingerprint density at radius 3 is 2.58 bits per heavy atom. The Labute approximate surface area is 139 Å². The zero-order valence-corrected chi connectivity index (χ0v) is 13.9. The molecule has 0 aliphatic rings. The third-order valence-electron chi connectivity index (χ3n) is 3.85. The van der Waals surface area contributed by atoms with E-state index in [0.29, 0.717) is 12.0 Å². The molecule has 0 spiro atoms. The summed E-state index contributed by atoms with van der Waals surface area (Å²) in [4.78, 5) is 23.3. The number of aryl methyl sites for hydroxylation is 1. The van der Waals surface area contributed by atoms with E-state index in [-0.39, 0.29) is 6.54 Å². The van der Waals surface area contributed by atoms with Crippen molar-refractivity contribution in [1.82, 2.24) is 15.1 Å². The molecule has 1 atom stereocenters. The molecule has 1 aromatic carbocycles. The molecule has 7 nitrogen and oxygen atoms in total. The van der Waals surface area contributed by atoms with Crippen LogP contribution in [0.4, 0.5) is 0 Å². The van der Waals surface area contributed by atoms with Crippen LogP contribution < -0.4 is 5.32 Å². The number of carbonyl (C=O) groups excluding carboxylic acids is 1. The van der Waals surface area contributed by atoms with E-state index < -0.39 is 17.5 Å². The molecule has 1 unspecified atom stereocenters. The Morgan fingerprint density at radius 1 is 1.33 bits per heavy atom. The number of benzene rings is 1. The van der Waals surface area contributed by atoms with Crippen LogP contribution in [0.2, 0.25) is 0 Å². The van der Waals surface area contributed by atoms with Crippen molar-refractivity contribution in [1.29, 1.82) is 0 Å². The van der Waals surface area contributed by atoms with Crippen molar-refractivity contribution in [2.75, 3.05) is 6.54 Å². The normalized spacial score (nSPS) is 13.3. The summed E-state index contributed by atoms with van der Waals surface area (Å²) in [5.74, 6) is -1.86. The number of carboxylic acids is 1. The summed E-state index contributed by atoms with van der Waals surface area (Å²) in [7, 11) is 0. The molecule has 7 heteroatoms. The summed E-state index contributed by atoms with van der Waals surface area (Å²) in [6.45, 7) is 4.61. The number of aliphatic carboxylic acids is 1. The van der Waals surface area contributed by atoms with Gasteiger partial charge in [-0.25, -0.2) is 9.48 Å².